The molecule has 102 valence electrons. The van der Waals surface area contributed by atoms with E-state index >= 15 is 0 Å². The molecule has 1 saturated carbocycles. The minimum atomic E-state index is -0.140. The van der Waals surface area contributed by atoms with Gasteiger partial charge in [-0.3, -0.25) is 4.57 Å². The third-order valence-corrected chi connectivity index (χ3v) is 5.15. The SMILES string of the molecule is CC(C)n1c(SC2CCC(C)(C)C2N)n[nH]c1=O. The summed E-state index contributed by atoms with van der Waals surface area (Å²) >= 11 is 1.63. The Morgan fingerprint density at radius 2 is 2.22 bits per heavy atom. The predicted octanol–water partition coefficient (Wildman–Crippen LogP) is 1.76. The highest BCUT2D eigenvalue weighted by Gasteiger charge is 2.40. The lowest BCUT2D eigenvalue weighted by Gasteiger charge is -2.26. The standard InChI is InChI=1S/C12H22N4OS/c1-7(2)16-10(17)14-15-11(16)18-8-5-6-12(3,4)9(8)13/h7-9H,5-6,13H2,1-4H3,(H,14,17). The number of H-pyrrole nitrogens is 1. The molecule has 5 nitrogen and oxygen atoms in total. The van der Waals surface area contributed by atoms with Crippen LogP contribution in [0.2, 0.25) is 0 Å². The topological polar surface area (TPSA) is 76.7 Å². The fraction of sp³-hybridized carbons (Fsp3) is 0.833. The first kappa shape index (κ1) is 13.7. The number of aromatic nitrogens is 3. The van der Waals surface area contributed by atoms with Crippen molar-refractivity contribution >= 4 is 11.8 Å². The Labute approximate surface area is 112 Å². The maximum atomic E-state index is 11.7. The molecule has 1 fully saturated rings. The van der Waals surface area contributed by atoms with E-state index < -0.39 is 0 Å². The molecule has 2 unspecified atom stereocenters. The summed E-state index contributed by atoms with van der Waals surface area (Å²) in [5.74, 6) is 0. The third kappa shape index (κ3) is 2.36. The highest BCUT2D eigenvalue weighted by Crippen LogP contribution is 2.43. The second-order valence-corrected chi connectivity index (χ2v) is 7.19. The first-order chi connectivity index (χ1) is 8.33. The minimum absolute atomic E-state index is 0.115. The van der Waals surface area contributed by atoms with Crippen molar-refractivity contribution < 1.29 is 0 Å². The molecule has 1 aromatic rings. The van der Waals surface area contributed by atoms with Gasteiger partial charge in [0.15, 0.2) is 5.16 Å². The molecule has 2 atom stereocenters. The smallest absolute Gasteiger partial charge is 0.326 e. The Kier molecular flexibility index (Phi) is 3.60. The number of aromatic amines is 1. The molecule has 1 aliphatic carbocycles. The Morgan fingerprint density at radius 3 is 2.72 bits per heavy atom. The average Bonchev–Trinajstić information content (AvgIpc) is 2.74. The van der Waals surface area contributed by atoms with Crippen LogP contribution in [0.5, 0.6) is 0 Å². The number of nitrogens with zero attached hydrogens (tertiary/aromatic N) is 2. The lowest BCUT2D eigenvalue weighted by molar-refractivity contribution is 0.334. The Bertz CT molecular complexity index is 477. The van der Waals surface area contributed by atoms with Crippen LogP contribution in [0.25, 0.3) is 0 Å². The molecular formula is C12H22N4OS. The fourth-order valence-electron chi connectivity index (χ4n) is 2.46. The van der Waals surface area contributed by atoms with E-state index in [-0.39, 0.29) is 23.2 Å². The van der Waals surface area contributed by atoms with Gasteiger partial charge in [0.2, 0.25) is 0 Å². The van der Waals surface area contributed by atoms with Gasteiger partial charge in [0.05, 0.1) is 0 Å². The summed E-state index contributed by atoms with van der Waals surface area (Å²) in [4.78, 5) is 11.7. The zero-order valence-corrected chi connectivity index (χ0v) is 12.3. The number of hydrogen-bond acceptors (Lipinski definition) is 4. The van der Waals surface area contributed by atoms with Crippen LogP contribution in [0.15, 0.2) is 9.95 Å². The maximum Gasteiger partial charge on any atom is 0.344 e. The van der Waals surface area contributed by atoms with Crippen LogP contribution in [-0.4, -0.2) is 26.1 Å². The van der Waals surface area contributed by atoms with Crippen LogP contribution in [0.4, 0.5) is 0 Å². The lowest BCUT2D eigenvalue weighted by atomic mass is 9.88. The van der Waals surface area contributed by atoms with E-state index in [2.05, 4.69) is 24.0 Å². The molecule has 2 rings (SSSR count). The minimum Gasteiger partial charge on any atom is -0.326 e. The quantitative estimate of drug-likeness (QED) is 0.877. The molecule has 0 spiro atoms. The molecule has 0 aliphatic heterocycles. The van der Waals surface area contributed by atoms with Gasteiger partial charge in [-0.05, 0) is 32.1 Å². The van der Waals surface area contributed by atoms with Crippen molar-refractivity contribution in [2.24, 2.45) is 11.1 Å². The van der Waals surface area contributed by atoms with Crippen molar-refractivity contribution in [2.75, 3.05) is 0 Å². The highest BCUT2D eigenvalue weighted by atomic mass is 32.2. The summed E-state index contributed by atoms with van der Waals surface area (Å²) in [6.45, 7) is 8.38. The number of nitrogens with two attached hydrogens (primary N) is 1. The van der Waals surface area contributed by atoms with E-state index in [0.717, 1.165) is 18.0 Å². The van der Waals surface area contributed by atoms with Gasteiger partial charge >= 0.3 is 5.69 Å². The van der Waals surface area contributed by atoms with Crippen LogP contribution in [0.3, 0.4) is 0 Å². The van der Waals surface area contributed by atoms with Crippen molar-refractivity contribution in [1.29, 1.82) is 0 Å². The van der Waals surface area contributed by atoms with Gasteiger partial charge in [-0.1, -0.05) is 25.6 Å². The number of thioether (sulfide) groups is 1. The first-order valence-electron chi connectivity index (χ1n) is 6.42. The monoisotopic (exact) mass is 270 g/mol. The van der Waals surface area contributed by atoms with E-state index in [1.54, 1.807) is 16.3 Å². The zero-order chi connectivity index (χ0) is 13.5. The molecule has 1 aliphatic rings. The molecule has 0 bridgehead atoms. The fourth-order valence-corrected chi connectivity index (χ4v) is 3.99. The van der Waals surface area contributed by atoms with Gasteiger partial charge in [0.1, 0.15) is 0 Å². The Balaban J connectivity index is 2.19. The summed E-state index contributed by atoms with van der Waals surface area (Å²) in [5, 5.41) is 7.74. The van der Waals surface area contributed by atoms with Gasteiger partial charge in [0, 0.05) is 17.3 Å². The highest BCUT2D eigenvalue weighted by molar-refractivity contribution is 7.99. The van der Waals surface area contributed by atoms with Crippen molar-refractivity contribution in [2.45, 2.75) is 63.0 Å². The summed E-state index contributed by atoms with van der Waals surface area (Å²) < 4.78 is 1.70. The van der Waals surface area contributed by atoms with E-state index in [4.69, 9.17) is 5.73 Å². The Hall–Kier alpha value is -0.750. The van der Waals surface area contributed by atoms with Gasteiger partial charge in [-0.25, -0.2) is 9.89 Å². The molecule has 0 radical (unpaired) electrons. The summed E-state index contributed by atoms with van der Waals surface area (Å²) in [6, 6.07) is 0.263. The zero-order valence-electron chi connectivity index (χ0n) is 11.4. The molecule has 1 aromatic heterocycles. The molecule has 3 N–H and O–H groups in total. The number of nitrogens with one attached hydrogen (secondary N) is 1. The molecule has 0 amide bonds. The predicted molar refractivity (Wildman–Crippen MR) is 73.9 cm³/mol. The van der Waals surface area contributed by atoms with Crippen LogP contribution < -0.4 is 11.4 Å². The van der Waals surface area contributed by atoms with E-state index in [1.165, 1.54) is 0 Å². The third-order valence-electron chi connectivity index (χ3n) is 3.82. The van der Waals surface area contributed by atoms with E-state index in [0.29, 0.717) is 5.25 Å². The van der Waals surface area contributed by atoms with E-state index in [9.17, 15) is 4.79 Å². The van der Waals surface area contributed by atoms with Crippen LogP contribution >= 0.6 is 11.8 Å². The van der Waals surface area contributed by atoms with Crippen LogP contribution in [-0.2, 0) is 0 Å². The van der Waals surface area contributed by atoms with Gasteiger partial charge < -0.3 is 5.73 Å². The second kappa shape index (κ2) is 4.74. The summed E-state index contributed by atoms with van der Waals surface area (Å²) in [5.41, 5.74) is 6.33. The largest absolute Gasteiger partial charge is 0.344 e. The Morgan fingerprint density at radius 1 is 1.56 bits per heavy atom. The number of rotatable bonds is 3. The van der Waals surface area contributed by atoms with Gasteiger partial charge in [-0.15, -0.1) is 5.10 Å². The molecule has 1 heterocycles. The van der Waals surface area contributed by atoms with Crippen molar-refractivity contribution in [1.82, 2.24) is 14.8 Å². The summed E-state index contributed by atoms with van der Waals surface area (Å²) in [7, 11) is 0. The second-order valence-electron chi connectivity index (χ2n) is 5.98. The van der Waals surface area contributed by atoms with Gasteiger partial charge in [0.25, 0.3) is 0 Å². The van der Waals surface area contributed by atoms with Crippen LogP contribution in [0.1, 0.15) is 46.6 Å². The molecule has 0 aromatic carbocycles. The normalized spacial score (nSPS) is 27.0. The maximum absolute atomic E-state index is 11.7. The molecule has 0 saturated heterocycles. The van der Waals surface area contributed by atoms with Crippen molar-refractivity contribution in [3.05, 3.63) is 10.5 Å². The average molecular weight is 270 g/mol. The molecule has 6 heteroatoms. The number of hydrogen-bond donors (Lipinski definition) is 2. The van der Waals surface area contributed by atoms with Crippen LogP contribution in [0, 0.1) is 5.41 Å². The van der Waals surface area contributed by atoms with Crippen molar-refractivity contribution in [3.63, 3.8) is 0 Å². The lowest BCUT2D eigenvalue weighted by Crippen LogP contribution is -2.38. The van der Waals surface area contributed by atoms with Crippen molar-refractivity contribution in [3.8, 4) is 0 Å². The van der Waals surface area contributed by atoms with E-state index in [1.807, 2.05) is 13.8 Å². The summed E-state index contributed by atoms with van der Waals surface area (Å²) in [6.07, 6.45) is 2.21. The first-order valence-corrected chi connectivity index (χ1v) is 7.30. The van der Waals surface area contributed by atoms with Gasteiger partial charge in [-0.2, -0.15) is 0 Å². The molecule has 18 heavy (non-hydrogen) atoms. The molecular weight excluding hydrogens is 248 g/mol.